The smallest absolute Gasteiger partial charge is 0.261 e. The summed E-state index contributed by atoms with van der Waals surface area (Å²) in [6.45, 7) is 4.08. The van der Waals surface area contributed by atoms with Crippen LogP contribution in [-0.2, 0) is 11.3 Å². The van der Waals surface area contributed by atoms with Crippen LogP contribution in [0.5, 0.6) is 0 Å². The molecule has 0 aliphatic rings. The Bertz CT molecular complexity index is 1220. The van der Waals surface area contributed by atoms with Gasteiger partial charge in [0.25, 0.3) is 5.56 Å². The summed E-state index contributed by atoms with van der Waals surface area (Å²) in [6, 6.07) is 10.8. The molecule has 0 unspecified atom stereocenters. The number of carbonyl (C=O) groups is 1. The van der Waals surface area contributed by atoms with Gasteiger partial charge in [-0.05, 0) is 32.0 Å². The molecule has 0 saturated heterocycles. The fraction of sp³-hybridized carbons (Fsp3) is 0.211. The topological polar surface area (TPSA) is 94.2 Å². The quantitative estimate of drug-likeness (QED) is 0.600. The minimum atomic E-state index is -0.229. The zero-order chi connectivity index (χ0) is 19.0. The third-order valence-corrected chi connectivity index (χ3v) is 4.31. The summed E-state index contributed by atoms with van der Waals surface area (Å²) in [6.07, 6.45) is 1.61. The summed E-state index contributed by atoms with van der Waals surface area (Å²) in [7, 11) is 0. The molecule has 0 spiro atoms. The summed E-state index contributed by atoms with van der Waals surface area (Å²) in [4.78, 5) is 33.4. The first kappa shape index (κ1) is 16.9. The predicted octanol–water partition coefficient (Wildman–Crippen LogP) is 2.08. The first-order valence-electron chi connectivity index (χ1n) is 8.59. The minimum Gasteiger partial charge on any atom is -0.309 e. The highest BCUT2D eigenvalue weighted by Crippen LogP contribution is 2.12. The Balaban J connectivity index is 1.48. The Morgan fingerprint density at radius 2 is 2.00 bits per heavy atom. The van der Waals surface area contributed by atoms with Gasteiger partial charge in [-0.1, -0.05) is 12.1 Å². The molecule has 3 heterocycles. The van der Waals surface area contributed by atoms with Gasteiger partial charge in [-0.15, -0.1) is 5.10 Å². The summed E-state index contributed by atoms with van der Waals surface area (Å²) in [5.41, 5.74) is 2.99. The summed E-state index contributed by atoms with van der Waals surface area (Å²) >= 11 is 0. The zero-order valence-electron chi connectivity index (χ0n) is 15.0. The Kier molecular flexibility index (Phi) is 4.15. The summed E-state index contributed by atoms with van der Waals surface area (Å²) in [5.74, 6) is 0.207. The monoisotopic (exact) mass is 362 g/mol. The molecule has 1 N–H and O–H groups in total. The number of rotatable bonds is 4. The van der Waals surface area contributed by atoms with Gasteiger partial charge in [0.2, 0.25) is 5.91 Å². The van der Waals surface area contributed by atoms with Crippen molar-refractivity contribution < 1.29 is 4.79 Å². The Labute approximate surface area is 154 Å². The van der Waals surface area contributed by atoms with E-state index in [2.05, 4.69) is 20.4 Å². The van der Waals surface area contributed by atoms with Gasteiger partial charge < -0.3 is 5.32 Å². The molecule has 27 heavy (non-hydrogen) atoms. The van der Waals surface area contributed by atoms with Crippen molar-refractivity contribution in [2.75, 3.05) is 5.32 Å². The highest BCUT2D eigenvalue weighted by atomic mass is 16.2. The first-order valence-corrected chi connectivity index (χ1v) is 8.59. The van der Waals surface area contributed by atoms with E-state index in [4.69, 9.17) is 0 Å². The Hall–Kier alpha value is -3.55. The van der Waals surface area contributed by atoms with Crippen molar-refractivity contribution in [3.8, 4) is 0 Å². The minimum absolute atomic E-state index is 0.138. The van der Waals surface area contributed by atoms with Crippen LogP contribution in [0.1, 0.15) is 17.8 Å². The number of anilines is 1. The van der Waals surface area contributed by atoms with Gasteiger partial charge >= 0.3 is 0 Å². The lowest BCUT2D eigenvalue weighted by Gasteiger charge is -2.06. The largest absolute Gasteiger partial charge is 0.309 e. The van der Waals surface area contributed by atoms with Crippen LogP contribution in [0.4, 0.5) is 5.82 Å². The number of hydrogen-bond acceptors (Lipinski definition) is 5. The van der Waals surface area contributed by atoms with Crippen molar-refractivity contribution in [1.82, 2.24) is 24.1 Å². The van der Waals surface area contributed by atoms with Gasteiger partial charge in [-0.3, -0.25) is 14.2 Å². The summed E-state index contributed by atoms with van der Waals surface area (Å²) in [5, 5.41) is 7.65. The van der Waals surface area contributed by atoms with E-state index in [9.17, 15) is 9.59 Å². The molecular formula is C19H18N6O2. The number of hydrogen-bond donors (Lipinski definition) is 1. The van der Waals surface area contributed by atoms with Gasteiger partial charge in [0.15, 0.2) is 11.5 Å². The van der Waals surface area contributed by atoms with E-state index >= 15 is 0 Å². The average molecular weight is 362 g/mol. The van der Waals surface area contributed by atoms with Gasteiger partial charge in [0, 0.05) is 30.4 Å². The van der Waals surface area contributed by atoms with Crippen molar-refractivity contribution in [3.05, 3.63) is 64.5 Å². The maximum absolute atomic E-state index is 12.5. The molecule has 8 heteroatoms. The van der Waals surface area contributed by atoms with Crippen LogP contribution >= 0.6 is 0 Å². The lowest BCUT2D eigenvalue weighted by Crippen LogP contribution is -2.23. The van der Waals surface area contributed by atoms with Crippen molar-refractivity contribution in [2.45, 2.75) is 26.8 Å². The van der Waals surface area contributed by atoms with E-state index in [-0.39, 0.29) is 24.4 Å². The third-order valence-electron chi connectivity index (χ3n) is 4.31. The molecule has 1 aromatic carbocycles. The van der Waals surface area contributed by atoms with E-state index in [0.29, 0.717) is 22.4 Å². The molecule has 4 rings (SSSR count). The van der Waals surface area contributed by atoms with Gasteiger partial charge in [-0.2, -0.15) is 0 Å². The number of para-hydroxylation sites is 1. The molecule has 0 fully saturated rings. The Morgan fingerprint density at radius 1 is 1.19 bits per heavy atom. The van der Waals surface area contributed by atoms with Crippen LogP contribution in [0.3, 0.4) is 0 Å². The molecule has 4 aromatic rings. The van der Waals surface area contributed by atoms with E-state index in [1.54, 1.807) is 28.8 Å². The number of benzene rings is 1. The number of aryl methyl sites for hydroxylation is 3. The normalized spacial score (nSPS) is 11.2. The number of nitrogens with zero attached hydrogens (tertiary/aromatic N) is 5. The van der Waals surface area contributed by atoms with Crippen LogP contribution in [-0.4, -0.2) is 30.1 Å². The molecule has 3 aromatic heterocycles. The SMILES string of the molecule is Cc1cc(C)n2nc(NC(=O)CCn3cnc4ccccc4c3=O)cc2n1. The molecule has 136 valence electrons. The fourth-order valence-corrected chi connectivity index (χ4v) is 3.04. The number of nitrogens with one attached hydrogen (secondary N) is 1. The Morgan fingerprint density at radius 3 is 2.85 bits per heavy atom. The fourth-order valence-electron chi connectivity index (χ4n) is 3.04. The van der Waals surface area contributed by atoms with E-state index in [1.807, 2.05) is 26.0 Å². The lowest BCUT2D eigenvalue weighted by molar-refractivity contribution is -0.116. The molecule has 0 bridgehead atoms. The maximum Gasteiger partial charge on any atom is 0.261 e. The van der Waals surface area contributed by atoms with Crippen molar-refractivity contribution in [1.29, 1.82) is 0 Å². The molecule has 0 radical (unpaired) electrons. The second-order valence-corrected chi connectivity index (χ2v) is 6.40. The highest BCUT2D eigenvalue weighted by molar-refractivity contribution is 5.90. The lowest BCUT2D eigenvalue weighted by atomic mass is 10.2. The van der Waals surface area contributed by atoms with Crippen molar-refractivity contribution in [2.24, 2.45) is 0 Å². The molecule has 0 aliphatic heterocycles. The first-order chi connectivity index (χ1) is 13.0. The number of amides is 1. The average Bonchev–Trinajstić information content (AvgIpc) is 3.04. The number of fused-ring (bicyclic) bond motifs is 2. The second kappa shape index (κ2) is 6.64. The second-order valence-electron chi connectivity index (χ2n) is 6.40. The summed E-state index contributed by atoms with van der Waals surface area (Å²) < 4.78 is 3.13. The van der Waals surface area contributed by atoms with E-state index < -0.39 is 0 Å². The standard InChI is InChI=1S/C19H18N6O2/c1-12-9-13(2)25-17(21-12)10-16(23-25)22-18(26)7-8-24-11-20-15-6-4-3-5-14(15)19(24)27/h3-6,9-11H,7-8H2,1-2H3,(H,22,23,26). The molecule has 0 saturated carbocycles. The highest BCUT2D eigenvalue weighted by Gasteiger charge is 2.10. The van der Waals surface area contributed by atoms with Crippen LogP contribution in [0.25, 0.3) is 16.6 Å². The molecule has 0 aliphatic carbocycles. The van der Waals surface area contributed by atoms with Gasteiger partial charge in [0.05, 0.1) is 17.2 Å². The molecule has 0 atom stereocenters. The van der Waals surface area contributed by atoms with Gasteiger partial charge in [0.1, 0.15) is 0 Å². The van der Waals surface area contributed by atoms with Crippen LogP contribution in [0, 0.1) is 13.8 Å². The van der Waals surface area contributed by atoms with E-state index in [0.717, 1.165) is 11.4 Å². The zero-order valence-corrected chi connectivity index (χ0v) is 15.0. The number of carbonyl (C=O) groups excluding carboxylic acids is 1. The predicted molar refractivity (Wildman–Crippen MR) is 102 cm³/mol. The van der Waals surface area contributed by atoms with E-state index in [1.165, 1.54) is 10.9 Å². The maximum atomic E-state index is 12.5. The molecular weight excluding hydrogens is 344 g/mol. The van der Waals surface area contributed by atoms with Crippen molar-refractivity contribution >= 4 is 28.3 Å². The van der Waals surface area contributed by atoms with Crippen LogP contribution in [0.2, 0.25) is 0 Å². The van der Waals surface area contributed by atoms with Crippen molar-refractivity contribution in [3.63, 3.8) is 0 Å². The van der Waals surface area contributed by atoms with Crippen LogP contribution < -0.4 is 10.9 Å². The molecule has 8 nitrogen and oxygen atoms in total. The molecule has 1 amide bonds. The third kappa shape index (κ3) is 3.29. The van der Waals surface area contributed by atoms with Crippen LogP contribution in [0.15, 0.2) is 47.5 Å². The van der Waals surface area contributed by atoms with Gasteiger partial charge in [-0.25, -0.2) is 14.5 Å². The number of aromatic nitrogens is 5.